The SMILES string of the molecule is CCCNC(=O)c1cccc(C(F)(F)F)c1NCCC. The molecular formula is C14H19F3N2O. The van der Waals surface area contributed by atoms with Gasteiger partial charge in [-0.05, 0) is 25.0 Å². The number of alkyl halides is 3. The second kappa shape index (κ2) is 7.17. The van der Waals surface area contributed by atoms with Crippen LogP contribution in [0, 0.1) is 0 Å². The van der Waals surface area contributed by atoms with Crippen molar-refractivity contribution < 1.29 is 18.0 Å². The van der Waals surface area contributed by atoms with Gasteiger partial charge in [0, 0.05) is 13.1 Å². The lowest BCUT2D eigenvalue weighted by molar-refractivity contribution is -0.137. The summed E-state index contributed by atoms with van der Waals surface area (Å²) in [7, 11) is 0. The zero-order valence-electron chi connectivity index (χ0n) is 11.6. The molecular weight excluding hydrogens is 269 g/mol. The number of halogens is 3. The molecule has 3 nitrogen and oxygen atoms in total. The fourth-order valence-electron chi connectivity index (χ4n) is 1.75. The van der Waals surface area contributed by atoms with Gasteiger partial charge in [0.2, 0.25) is 0 Å². The molecule has 0 radical (unpaired) electrons. The summed E-state index contributed by atoms with van der Waals surface area (Å²) in [6.07, 6.45) is -3.10. The summed E-state index contributed by atoms with van der Waals surface area (Å²) in [5, 5.41) is 5.31. The molecule has 0 bridgehead atoms. The number of amides is 1. The third-order valence-electron chi connectivity index (χ3n) is 2.70. The van der Waals surface area contributed by atoms with E-state index in [1.54, 1.807) is 0 Å². The Morgan fingerprint density at radius 2 is 1.80 bits per heavy atom. The summed E-state index contributed by atoms with van der Waals surface area (Å²) >= 11 is 0. The molecule has 2 N–H and O–H groups in total. The highest BCUT2D eigenvalue weighted by Gasteiger charge is 2.35. The van der Waals surface area contributed by atoms with Gasteiger partial charge in [-0.1, -0.05) is 19.9 Å². The maximum Gasteiger partial charge on any atom is 0.418 e. The lowest BCUT2D eigenvalue weighted by Crippen LogP contribution is -2.26. The van der Waals surface area contributed by atoms with Crippen molar-refractivity contribution >= 4 is 11.6 Å². The predicted molar refractivity (Wildman–Crippen MR) is 72.8 cm³/mol. The number of nitrogens with one attached hydrogen (secondary N) is 2. The van der Waals surface area contributed by atoms with Crippen LogP contribution in [0.15, 0.2) is 18.2 Å². The van der Waals surface area contributed by atoms with E-state index in [0.717, 1.165) is 12.5 Å². The minimum Gasteiger partial charge on any atom is -0.384 e. The number of hydrogen-bond acceptors (Lipinski definition) is 2. The quantitative estimate of drug-likeness (QED) is 0.838. The van der Waals surface area contributed by atoms with Gasteiger partial charge in [-0.25, -0.2) is 0 Å². The first-order valence-electron chi connectivity index (χ1n) is 6.64. The predicted octanol–water partition coefficient (Wildman–Crippen LogP) is 3.67. The smallest absolute Gasteiger partial charge is 0.384 e. The molecule has 0 saturated carbocycles. The fourth-order valence-corrected chi connectivity index (χ4v) is 1.75. The molecule has 0 aromatic heterocycles. The molecule has 0 aliphatic carbocycles. The van der Waals surface area contributed by atoms with Crippen LogP contribution < -0.4 is 10.6 Å². The summed E-state index contributed by atoms with van der Waals surface area (Å²) in [5.41, 5.74) is -0.924. The second-order valence-corrected chi connectivity index (χ2v) is 4.41. The molecule has 1 amide bonds. The van der Waals surface area contributed by atoms with Crippen LogP contribution >= 0.6 is 0 Å². The van der Waals surface area contributed by atoms with Crippen molar-refractivity contribution in [3.05, 3.63) is 29.3 Å². The van der Waals surface area contributed by atoms with E-state index in [2.05, 4.69) is 10.6 Å². The van der Waals surface area contributed by atoms with Crippen LogP contribution in [0.1, 0.15) is 42.6 Å². The average Bonchev–Trinajstić information content (AvgIpc) is 2.41. The van der Waals surface area contributed by atoms with Gasteiger partial charge in [-0.3, -0.25) is 4.79 Å². The Morgan fingerprint density at radius 1 is 1.15 bits per heavy atom. The van der Waals surface area contributed by atoms with Crippen molar-refractivity contribution in [3.63, 3.8) is 0 Å². The summed E-state index contributed by atoms with van der Waals surface area (Å²) in [5.74, 6) is -0.489. The normalized spacial score (nSPS) is 11.2. The van der Waals surface area contributed by atoms with Crippen molar-refractivity contribution in [3.8, 4) is 0 Å². The van der Waals surface area contributed by atoms with E-state index in [4.69, 9.17) is 0 Å². The van der Waals surface area contributed by atoms with Crippen LogP contribution in [0.5, 0.6) is 0 Å². The zero-order chi connectivity index (χ0) is 15.2. The van der Waals surface area contributed by atoms with E-state index >= 15 is 0 Å². The van der Waals surface area contributed by atoms with Crippen LogP contribution in [0.25, 0.3) is 0 Å². The lowest BCUT2D eigenvalue weighted by Gasteiger charge is -2.17. The Bertz CT molecular complexity index is 458. The van der Waals surface area contributed by atoms with E-state index in [0.29, 0.717) is 19.5 Å². The van der Waals surface area contributed by atoms with Gasteiger partial charge in [-0.2, -0.15) is 13.2 Å². The fraction of sp³-hybridized carbons (Fsp3) is 0.500. The largest absolute Gasteiger partial charge is 0.418 e. The monoisotopic (exact) mass is 288 g/mol. The number of anilines is 1. The van der Waals surface area contributed by atoms with Crippen molar-refractivity contribution in [2.75, 3.05) is 18.4 Å². The van der Waals surface area contributed by atoms with Crippen LogP contribution in [0.3, 0.4) is 0 Å². The van der Waals surface area contributed by atoms with E-state index < -0.39 is 17.6 Å². The van der Waals surface area contributed by atoms with Crippen molar-refractivity contribution in [1.82, 2.24) is 5.32 Å². The lowest BCUT2D eigenvalue weighted by atomic mass is 10.1. The molecule has 0 heterocycles. The summed E-state index contributed by atoms with van der Waals surface area (Å²) in [4.78, 5) is 11.9. The first kappa shape index (κ1) is 16.3. The molecule has 112 valence electrons. The molecule has 1 rings (SSSR count). The van der Waals surface area contributed by atoms with Crippen LogP contribution in [-0.2, 0) is 6.18 Å². The number of para-hydroxylation sites is 1. The molecule has 0 fully saturated rings. The zero-order valence-corrected chi connectivity index (χ0v) is 11.6. The average molecular weight is 288 g/mol. The molecule has 20 heavy (non-hydrogen) atoms. The van der Waals surface area contributed by atoms with Gasteiger partial charge in [-0.15, -0.1) is 0 Å². The van der Waals surface area contributed by atoms with Gasteiger partial charge in [0.1, 0.15) is 0 Å². The molecule has 0 aliphatic rings. The minimum absolute atomic E-state index is 0.0294. The Hall–Kier alpha value is -1.72. The highest BCUT2D eigenvalue weighted by Crippen LogP contribution is 2.36. The van der Waals surface area contributed by atoms with Crippen LogP contribution in [0.4, 0.5) is 18.9 Å². The highest BCUT2D eigenvalue weighted by atomic mass is 19.4. The third kappa shape index (κ3) is 4.15. The minimum atomic E-state index is -4.49. The molecule has 0 aliphatic heterocycles. The summed E-state index contributed by atoms with van der Waals surface area (Å²) in [6, 6.07) is 3.63. The van der Waals surface area contributed by atoms with Crippen molar-refractivity contribution in [1.29, 1.82) is 0 Å². The Morgan fingerprint density at radius 3 is 2.35 bits per heavy atom. The molecule has 0 saturated heterocycles. The van der Waals surface area contributed by atoms with Gasteiger partial charge in [0.25, 0.3) is 5.91 Å². The van der Waals surface area contributed by atoms with Crippen LogP contribution in [0.2, 0.25) is 0 Å². The molecule has 1 aromatic rings. The number of benzene rings is 1. The Labute approximate surface area is 116 Å². The first-order valence-corrected chi connectivity index (χ1v) is 6.64. The van der Waals surface area contributed by atoms with Crippen LogP contribution in [-0.4, -0.2) is 19.0 Å². The molecule has 0 spiro atoms. The Balaban J connectivity index is 3.18. The van der Waals surface area contributed by atoms with Gasteiger partial charge in [0.05, 0.1) is 16.8 Å². The number of carbonyl (C=O) groups is 1. The highest BCUT2D eigenvalue weighted by molar-refractivity contribution is 6.00. The number of hydrogen-bond donors (Lipinski definition) is 2. The maximum absolute atomic E-state index is 13.0. The summed E-state index contributed by atoms with van der Waals surface area (Å²) < 4.78 is 39.0. The molecule has 0 unspecified atom stereocenters. The van der Waals surface area contributed by atoms with E-state index in [1.165, 1.54) is 12.1 Å². The van der Waals surface area contributed by atoms with E-state index in [1.807, 2.05) is 13.8 Å². The van der Waals surface area contributed by atoms with E-state index in [9.17, 15) is 18.0 Å². The first-order chi connectivity index (χ1) is 9.41. The van der Waals surface area contributed by atoms with Gasteiger partial charge < -0.3 is 10.6 Å². The van der Waals surface area contributed by atoms with Gasteiger partial charge >= 0.3 is 6.18 Å². The van der Waals surface area contributed by atoms with Crippen molar-refractivity contribution in [2.24, 2.45) is 0 Å². The topological polar surface area (TPSA) is 41.1 Å². The van der Waals surface area contributed by atoms with E-state index in [-0.39, 0.29) is 11.3 Å². The van der Waals surface area contributed by atoms with Crippen molar-refractivity contribution in [2.45, 2.75) is 32.9 Å². The summed E-state index contributed by atoms with van der Waals surface area (Å²) in [6.45, 7) is 4.53. The third-order valence-corrected chi connectivity index (χ3v) is 2.70. The maximum atomic E-state index is 13.0. The number of rotatable bonds is 6. The van der Waals surface area contributed by atoms with Gasteiger partial charge in [0.15, 0.2) is 0 Å². The molecule has 0 atom stereocenters. The number of carbonyl (C=O) groups excluding carboxylic acids is 1. The standard InChI is InChI=1S/C14H19F3N2O/c1-3-8-18-12-10(13(20)19-9-4-2)6-5-7-11(12)14(15,16)17/h5-7,18H,3-4,8-9H2,1-2H3,(H,19,20). The Kier molecular flexibility index (Phi) is 5.85. The molecule has 6 heteroatoms. The molecule has 1 aromatic carbocycles. The second-order valence-electron chi connectivity index (χ2n) is 4.41.